The second kappa shape index (κ2) is 4.33. The molecule has 0 heterocycles. The lowest BCUT2D eigenvalue weighted by Gasteiger charge is -1.97. The molecule has 1 rings (SSSR count). The van der Waals surface area contributed by atoms with E-state index in [1.54, 1.807) is 13.8 Å². The van der Waals surface area contributed by atoms with Crippen LogP contribution in [-0.4, -0.2) is 11.6 Å². The van der Waals surface area contributed by atoms with E-state index in [4.69, 9.17) is 11.6 Å². The molecule has 0 unspecified atom stereocenters. The predicted octanol–water partition coefficient (Wildman–Crippen LogP) is 3.10. The van der Waals surface area contributed by atoms with E-state index in [1.807, 2.05) is 0 Å². The van der Waals surface area contributed by atoms with Gasteiger partial charge in [-0.15, -0.1) is 0 Å². The molecule has 0 radical (unpaired) electrons. The Labute approximate surface area is 86.4 Å². The smallest absolute Gasteiger partial charge is 0.267 e. The van der Waals surface area contributed by atoms with Crippen molar-refractivity contribution >= 4 is 23.2 Å². The normalized spacial score (nSPS) is 9.71. The van der Waals surface area contributed by atoms with Crippen molar-refractivity contribution in [1.29, 1.82) is 0 Å². The van der Waals surface area contributed by atoms with Gasteiger partial charge in [0.2, 0.25) is 0 Å². The van der Waals surface area contributed by atoms with Gasteiger partial charge in [-0.05, 0) is 32.0 Å². The number of nitrogens with zero attached hydrogens (tertiary/aromatic N) is 1. The van der Waals surface area contributed by atoms with Crippen molar-refractivity contribution < 1.29 is 9.18 Å². The van der Waals surface area contributed by atoms with Crippen LogP contribution in [0.25, 0.3) is 0 Å². The summed E-state index contributed by atoms with van der Waals surface area (Å²) in [4.78, 5) is 15.0. The molecule has 0 atom stereocenters. The number of halogens is 2. The third-order valence-corrected chi connectivity index (χ3v) is 1.80. The lowest BCUT2D eigenvalue weighted by atomic mass is 10.2. The highest BCUT2D eigenvalue weighted by Crippen LogP contribution is 2.16. The summed E-state index contributed by atoms with van der Waals surface area (Å²) < 4.78 is 12.9. The van der Waals surface area contributed by atoms with Gasteiger partial charge in [0, 0.05) is 11.3 Å². The summed E-state index contributed by atoms with van der Waals surface area (Å²) >= 11 is 5.47. The molecule has 74 valence electrons. The Kier molecular flexibility index (Phi) is 3.36. The zero-order valence-corrected chi connectivity index (χ0v) is 8.60. The van der Waals surface area contributed by atoms with Crippen molar-refractivity contribution in [3.8, 4) is 0 Å². The number of aliphatic imine (C=N–C) groups is 1. The van der Waals surface area contributed by atoms with Gasteiger partial charge in [-0.1, -0.05) is 11.6 Å². The minimum atomic E-state index is -0.610. The molecule has 1 aromatic carbocycles. The summed E-state index contributed by atoms with van der Waals surface area (Å²) in [7, 11) is 0. The number of carbonyl (C=O) groups excluding carboxylic acids is 1. The van der Waals surface area contributed by atoms with Gasteiger partial charge in [-0.2, -0.15) is 0 Å². The molecule has 0 bridgehead atoms. The first-order valence-electron chi connectivity index (χ1n) is 4.02. The molecule has 0 N–H and O–H groups in total. The average Bonchev–Trinajstić information content (AvgIpc) is 2.08. The van der Waals surface area contributed by atoms with E-state index < -0.39 is 11.7 Å². The van der Waals surface area contributed by atoms with Crippen LogP contribution in [0.4, 0.5) is 4.39 Å². The van der Waals surface area contributed by atoms with Gasteiger partial charge in [0.15, 0.2) is 0 Å². The Bertz CT molecular complexity index is 397. The van der Waals surface area contributed by atoms with Gasteiger partial charge in [0.05, 0.1) is 5.02 Å². The monoisotopic (exact) mass is 213 g/mol. The van der Waals surface area contributed by atoms with Crippen molar-refractivity contribution in [2.45, 2.75) is 13.8 Å². The van der Waals surface area contributed by atoms with Crippen LogP contribution < -0.4 is 0 Å². The van der Waals surface area contributed by atoms with Gasteiger partial charge in [0.1, 0.15) is 5.82 Å². The van der Waals surface area contributed by atoms with Crippen LogP contribution >= 0.6 is 11.6 Å². The molecule has 2 nitrogen and oxygen atoms in total. The number of amides is 1. The van der Waals surface area contributed by atoms with E-state index in [0.717, 1.165) is 6.07 Å². The highest BCUT2D eigenvalue weighted by atomic mass is 35.5. The SMILES string of the molecule is CC(C)=NC(=O)c1ccc(Cl)c(F)c1. The Balaban J connectivity index is 3.03. The zero-order chi connectivity index (χ0) is 10.7. The van der Waals surface area contributed by atoms with Gasteiger partial charge in [-0.25, -0.2) is 9.38 Å². The molecule has 0 spiro atoms. The summed E-state index contributed by atoms with van der Waals surface area (Å²) in [6, 6.07) is 3.86. The van der Waals surface area contributed by atoms with Crippen LogP contribution in [0.2, 0.25) is 5.02 Å². The third kappa shape index (κ3) is 2.64. The van der Waals surface area contributed by atoms with Crippen molar-refractivity contribution in [2.75, 3.05) is 0 Å². The van der Waals surface area contributed by atoms with Crippen LogP contribution in [0.1, 0.15) is 24.2 Å². The summed E-state index contributed by atoms with van der Waals surface area (Å²) in [5.41, 5.74) is 0.832. The number of benzene rings is 1. The van der Waals surface area contributed by atoms with E-state index in [-0.39, 0.29) is 10.6 Å². The molecule has 0 aliphatic heterocycles. The van der Waals surface area contributed by atoms with E-state index in [2.05, 4.69) is 4.99 Å². The first-order valence-corrected chi connectivity index (χ1v) is 4.40. The third-order valence-electron chi connectivity index (χ3n) is 1.49. The minimum absolute atomic E-state index is 0.00116. The van der Waals surface area contributed by atoms with Crippen LogP contribution in [-0.2, 0) is 0 Å². The Morgan fingerprint density at radius 2 is 2.07 bits per heavy atom. The second-order valence-corrected chi connectivity index (χ2v) is 3.40. The number of carbonyl (C=O) groups is 1. The fourth-order valence-electron chi connectivity index (χ4n) is 0.897. The molecule has 1 amide bonds. The van der Waals surface area contributed by atoms with E-state index in [9.17, 15) is 9.18 Å². The minimum Gasteiger partial charge on any atom is -0.267 e. The molecule has 14 heavy (non-hydrogen) atoms. The van der Waals surface area contributed by atoms with Crippen LogP contribution in [0.3, 0.4) is 0 Å². The van der Waals surface area contributed by atoms with Crippen LogP contribution in [0.5, 0.6) is 0 Å². The maximum atomic E-state index is 12.9. The molecule has 0 aliphatic rings. The van der Waals surface area contributed by atoms with Gasteiger partial charge in [-0.3, -0.25) is 4.79 Å². The summed E-state index contributed by atoms with van der Waals surface area (Å²) in [5, 5.41) is -0.00116. The average molecular weight is 214 g/mol. The quantitative estimate of drug-likeness (QED) is 0.659. The van der Waals surface area contributed by atoms with Gasteiger partial charge in [0.25, 0.3) is 5.91 Å². The standard InChI is InChI=1S/C10H9ClFNO/c1-6(2)13-10(14)7-3-4-8(11)9(12)5-7/h3-5H,1-2H3. The molecule has 0 fully saturated rings. The molecule has 4 heteroatoms. The van der Waals surface area contributed by atoms with Crippen LogP contribution in [0, 0.1) is 5.82 Å². The largest absolute Gasteiger partial charge is 0.276 e. The highest BCUT2D eigenvalue weighted by Gasteiger charge is 2.07. The maximum Gasteiger partial charge on any atom is 0.276 e. The number of hydrogen-bond donors (Lipinski definition) is 0. The first-order chi connectivity index (χ1) is 6.50. The summed E-state index contributed by atoms with van der Waals surface area (Å²) in [6.45, 7) is 3.40. The molecule has 0 aromatic heterocycles. The topological polar surface area (TPSA) is 29.4 Å². The highest BCUT2D eigenvalue weighted by molar-refractivity contribution is 6.30. The predicted molar refractivity (Wildman–Crippen MR) is 54.5 cm³/mol. The van der Waals surface area contributed by atoms with E-state index in [0.29, 0.717) is 5.71 Å². The lowest BCUT2D eigenvalue weighted by molar-refractivity contribution is 0.100. The fraction of sp³-hybridized carbons (Fsp3) is 0.200. The molecule has 1 aromatic rings. The summed E-state index contributed by atoms with van der Waals surface area (Å²) in [6.07, 6.45) is 0. The van der Waals surface area contributed by atoms with Crippen molar-refractivity contribution in [3.63, 3.8) is 0 Å². The molecular weight excluding hydrogens is 205 g/mol. The molecule has 0 aliphatic carbocycles. The summed E-state index contributed by atoms with van der Waals surface area (Å²) in [5.74, 6) is -1.07. The lowest BCUT2D eigenvalue weighted by Crippen LogP contribution is -1.98. The molecule has 0 saturated carbocycles. The van der Waals surface area contributed by atoms with Crippen LogP contribution in [0.15, 0.2) is 23.2 Å². The van der Waals surface area contributed by atoms with Crippen molar-refractivity contribution in [2.24, 2.45) is 4.99 Å². The van der Waals surface area contributed by atoms with E-state index in [1.165, 1.54) is 12.1 Å². The van der Waals surface area contributed by atoms with Gasteiger partial charge >= 0.3 is 0 Å². The Morgan fingerprint density at radius 1 is 1.43 bits per heavy atom. The fourth-order valence-corrected chi connectivity index (χ4v) is 1.01. The van der Waals surface area contributed by atoms with E-state index >= 15 is 0 Å². The Hall–Kier alpha value is -1.22. The Morgan fingerprint density at radius 3 is 2.57 bits per heavy atom. The molecular formula is C10H9ClFNO. The molecule has 0 saturated heterocycles. The van der Waals surface area contributed by atoms with Crippen molar-refractivity contribution in [3.05, 3.63) is 34.6 Å². The number of rotatable bonds is 1. The first kappa shape index (κ1) is 10.9. The van der Waals surface area contributed by atoms with Crippen molar-refractivity contribution in [1.82, 2.24) is 0 Å². The number of hydrogen-bond acceptors (Lipinski definition) is 1. The maximum absolute atomic E-state index is 12.9. The zero-order valence-electron chi connectivity index (χ0n) is 7.84. The second-order valence-electron chi connectivity index (χ2n) is 2.99. The van der Waals surface area contributed by atoms with Gasteiger partial charge < -0.3 is 0 Å².